The molecule has 0 aromatic heterocycles. The van der Waals surface area contributed by atoms with Crippen LogP contribution in [-0.2, 0) is 16.0 Å². The van der Waals surface area contributed by atoms with Crippen LogP contribution in [0.2, 0.25) is 0 Å². The van der Waals surface area contributed by atoms with Crippen LogP contribution in [0.4, 0.5) is 5.69 Å². The molecule has 0 heterocycles. The lowest BCUT2D eigenvalue weighted by molar-refractivity contribution is -0.125. The van der Waals surface area contributed by atoms with Gasteiger partial charge < -0.3 is 16.4 Å². The van der Waals surface area contributed by atoms with E-state index in [9.17, 15) is 9.59 Å². The second kappa shape index (κ2) is 10.8. The van der Waals surface area contributed by atoms with Gasteiger partial charge in [0.1, 0.15) is 6.04 Å². The van der Waals surface area contributed by atoms with Gasteiger partial charge in [-0.15, -0.1) is 0 Å². The first-order valence-corrected chi connectivity index (χ1v) is 8.43. The quantitative estimate of drug-likeness (QED) is 0.580. The van der Waals surface area contributed by atoms with Gasteiger partial charge in [0.2, 0.25) is 11.8 Å². The molecule has 0 fully saturated rings. The van der Waals surface area contributed by atoms with Gasteiger partial charge in [0.15, 0.2) is 0 Å². The van der Waals surface area contributed by atoms with Crippen molar-refractivity contribution in [1.29, 1.82) is 0 Å². The maximum Gasteiger partial charge on any atom is 0.246 e. The first-order chi connectivity index (χ1) is 11.1. The monoisotopic (exact) mass is 319 g/mol. The van der Waals surface area contributed by atoms with Crippen molar-refractivity contribution in [3.63, 3.8) is 0 Å². The molecule has 5 nitrogen and oxygen atoms in total. The predicted molar refractivity (Wildman–Crippen MR) is 94.2 cm³/mol. The fourth-order valence-electron chi connectivity index (χ4n) is 2.37. The number of benzene rings is 1. The summed E-state index contributed by atoms with van der Waals surface area (Å²) >= 11 is 0. The van der Waals surface area contributed by atoms with Crippen molar-refractivity contribution in [3.05, 3.63) is 29.8 Å². The number of carbonyl (C=O) groups excluding carboxylic acids is 2. The van der Waals surface area contributed by atoms with Crippen molar-refractivity contribution < 1.29 is 9.59 Å². The summed E-state index contributed by atoms with van der Waals surface area (Å²) in [6, 6.07) is 7.38. The highest BCUT2D eigenvalue weighted by Crippen LogP contribution is 2.13. The number of amides is 2. The molecule has 0 radical (unpaired) electrons. The number of anilines is 1. The van der Waals surface area contributed by atoms with Gasteiger partial charge in [-0.3, -0.25) is 9.59 Å². The summed E-state index contributed by atoms with van der Waals surface area (Å²) in [5.74, 6) is -0.383. The molecule has 1 aromatic rings. The van der Waals surface area contributed by atoms with Crippen LogP contribution >= 0.6 is 0 Å². The Morgan fingerprint density at radius 1 is 1.13 bits per heavy atom. The molecule has 5 heteroatoms. The van der Waals surface area contributed by atoms with Gasteiger partial charge in [-0.25, -0.2) is 0 Å². The van der Waals surface area contributed by atoms with E-state index in [-0.39, 0.29) is 11.8 Å². The molecule has 1 aromatic carbocycles. The topological polar surface area (TPSA) is 84.2 Å². The summed E-state index contributed by atoms with van der Waals surface area (Å²) in [6.07, 6.45) is 5.63. The van der Waals surface area contributed by atoms with Crippen molar-refractivity contribution in [2.45, 2.75) is 58.4 Å². The van der Waals surface area contributed by atoms with Gasteiger partial charge in [-0.05, 0) is 56.3 Å². The lowest BCUT2D eigenvalue weighted by Crippen LogP contribution is -2.42. The summed E-state index contributed by atoms with van der Waals surface area (Å²) in [6.45, 7) is 4.18. The number of rotatable bonds is 10. The summed E-state index contributed by atoms with van der Waals surface area (Å²) in [5, 5.41) is 5.58. The van der Waals surface area contributed by atoms with E-state index < -0.39 is 6.04 Å². The van der Waals surface area contributed by atoms with Crippen LogP contribution in [-0.4, -0.2) is 24.4 Å². The Balaban J connectivity index is 2.59. The van der Waals surface area contributed by atoms with Gasteiger partial charge in [-0.1, -0.05) is 25.5 Å². The van der Waals surface area contributed by atoms with E-state index in [2.05, 4.69) is 17.6 Å². The van der Waals surface area contributed by atoms with E-state index in [4.69, 9.17) is 5.73 Å². The standard InChI is InChI=1S/C18H29N3O2/c1-3-4-7-15-9-11-16(12-10-15)21-18(23)17(20-14(2)22)8-5-6-13-19/h9-12,17H,3-8,13,19H2,1-2H3,(H,20,22)(H,21,23). The molecule has 0 aliphatic heterocycles. The van der Waals surface area contributed by atoms with Crippen LogP contribution < -0.4 is 16.4 Å². The van der Waals surface area contributed by atoms with Crippen LogP contribution in [0.15, 0.2) is 24.3 Å². The Hall–Kier alpha value is -1.88. The second-order valence-corrected chi connectivity index (χ2v) is 5.83. The predicted octanol–water partition coefficient (Wildman–Crippen LogP) is 2.60. The smallest absolute Gasteiger partial charge is 0.246 e. The van der Waals surface area contributed by atoms with Crippen LogP contribution in [0.25, 0.3) is 0 Å². The van der Waals surface area contributed by atoms with Gasteiger partial charge >= 0.3 is 0 Å². The normalized spacial score (nSPS) is 11.8. The first-order valence-electron chi connectivity index (χ1n) is 8.43. The molecule has 1 rings (SSSR count). The highest BCUT2D eigenvalue weighted by Gasteiger charge is 2.18. The molecule has 128 valence electrons. The summed E-state index contributed by atoms with van der Waals surface area (Å²) < 4.78 is 0. The van der Waals surface area contributed by atoms with E-state index in [0.29, 0.717) is 13.0 Å². The Morgan fingerprint density at radius 3 is 2.39 bits per heavy atom. The minimum Gasteiger partial charge on any atom is -0.345 e. The number of nitrogens with one attached hydrogen (secondary N) is 2. The summed E-state index contributed by atoms with van der Waals surface area (Å²) in [5.41, 5.74) is 7.50. The number of carbonyl (C=O) groups is 2. The Morgan fingerprint density at radius 2 is 1.83 bits per heavy atom. The van der Waals surface area contributed by atoms with Crippen LogP contribution in [0.1, 0.15) is 51.5 Å². The summed E-state index contributed by atoms with van der Waals surface area (Å²) in [7, 11) is 0. The van der Waals surface area contributed by atoms with Crippen LogP contribution in [0, 0.1) is 0 Å². The average Bonchev–Trinajstić information content (AvgIpc) is 2.53. The molecule has 0 saturated heterocycles. The van der Waals surface area contributed by atoms with Gasteiger partial charge in [0.05, 0.1) is 0 Å². The van der Waals surface area contributed by atoms with Gasteiger partial charge in [0.25, 0.3) is 0 Å². The maximum absolute atomic E-state index is 12.3. The van der Waals surface area contributed by atoms with E-state index in [1.54, 1.807) is 0 Å². The minimum absolute atomic E-state index is 0.182. The molecular weight excluding hydrogens is 290 g/mol. The number of unbranched alkanes of at least 4 members (excludes halogenated alkanes) is 2. The molecule has 1 atom stereocenters. The number of aryl methyl sites for hydroxylation is 1. The SMILES string of the molecule is CCCCc1ccc(NC(=O)C(CCCCN)NC(C)=O)cc1. The zero-order valence-electron chi connectivity index (χ0n) is 14.2. The number of hydrogen-bond acceptors (Lipinski definition) is 3. The fraction of sp³-hybridized carbons (Fsp3) is 0.556. The van der Waals surface area contributed by atoms with E-state index in [1.807, 2.05) is 24.3 Å². The molecular formula is C18H29N3O2. The first kappa shape index (κ1) is 19.2. The van der Waals surface area contributed by atoms with Crippen molar-refractivity contribution in [1.82, 2.24) is 5.32 Å². The average molecular weight is 319 g/mol. The third-order valence-corrected chi connectivity index (χ3v) is 3.68. The van der Waals surface area contributed by atoms with Crippen molar-refractivity contribution in [2.24, 2.45) is 5.73 Å². The van der Waals surface area contributed by atoms with Crippen LogP contribution in [0.5, 0.6) is 0 Å². The lowest BCUT2D eigenvalue weighted by Gasteiger charge is -2.17. The van der Waals surface area contributed by atoms with Crippen LogP contribution in [0.3, 0.4) is 0 Å². The Kier molecular flexibility index (Phi) is 8.98. The summed E-state index contributed by atoms with van der Waals surface area (Å²) in [4.78, 5) is 23.6. The highest BCUT2D eigenvalue weighted by molar-refractivity contribution is 5.96. The molecule has 23 heavy (non-hydrogen) atoms. The van der Waals surface area contributed by atoms with Crippen molar-refractivity contribution in [3.8, 4) is 0 Å². The van der Waals surface area contributed by atoms with E-state index in [0.717, 1.165) is 31.4 Å². The number of nitrogens with two attached hydrogens (primary N) is 1. The molecule has 4 N–H and O–H groups in total. The zero-order chi connectivity index (χ0) is 17.1. The molecule has 0 saturated carbocycles. The van der Waals surface area contributed by atoms with Crippen molar-refractivity contribution in [2.75, 3.05) is 11.9 Å². The van der Waals surface area contributed by atoms with Gasteiger partial charge in [0, 0.05) is 12.6 Å². The lowest BCUT2D eigenvalue weighted by atomic mass is 10.1. The van der Waals surface area contributed by atoms with E-state index >= 15 is 0 Å². The second-order valence-electron chi connectivity index (χ2n) is 5.83. The fourth-order valence-corrected chi connectivity index (χ4v) is 2.37. The molecule has 0 aliphatic rings. The zero-order valence-corrected chi connectivity index (χ0v) is 14.2. The van der Waals surface area contributed by atoms with Crippen molar-refractivity contribution >= 4 is 17.5 Å². The van der Waals surface area contributed by atoms with Gasteiger partial charge in [-0.2, -0.15) is 0 Å². The third-order valence-electron chi connectivity index (χ3n) is 3.68. The molecule has 0 bridgehead atoms. The Labute approximate surface area is 139 Å². The third kappa shape index (κ3) is 7.79. The molecule has 2 amide bonds. The molecule has 1 unspecified atom stereocenters. The maximum atomic E-state index is 12.3. The minimum atomic E-state index is -0.515. The molecule has 0 spiro atoms. The highest BCUT2D eigenvalue weighted by atomic mass is 16.2. The van der Waals surface area contributed by atoms with E-state index in [1.165, 1.54) is 18.9 Å². The molecule has 0 aliphatic carbocycles. The largest absolute Gasteiger partial charge is 0.345 e. The Bertz CT molecular complexity index is 486. The number of hydrogen-bond donors (Lipinski definition) is 3.